The van der Waals surface area contributed by atoms with E-state index in [2.05, 4.69) is 43.7 Å². The van der Waals surface area contributed by atoms with E-state index < -0.39 is 0 Å². The third-order valence-electron chi connectivity index (χ3n) is 3.89. The van der Waals surface area contributed by atoms with Crippen molar-refractivity contribution in [3.8, 4) is 0 Å². The first kappa shape index (κ1) is 14.4. The lowest BCUT2D eigenvalue weighted by Gasteiger charge is -2.02. The lowest BCUT2D eigenvalue weighted by molar-refractivity contribution is 0.576. The molecule has 0 aliphatic heterocycles. The second kappa shape index (κ2) is 8.19. The van der Waals surface area contributed by atoms with Crippen molar-refractivity contribution in [1.29, 1.82) is 0 Å². The molecular weight excluding hydrogens is 228 g/mol. The molecule has 1 aliphatic carbocycles. The van der Waals surface area contributed by atoms with E-state index in [0.29, 0.717) is 0 Å². The average molecular weight is 254 g/mol. The number of hydrogen-bond donors (Lipinski definition) is 0. The van der Waals surface area contributed by atoms with Crippen LogP contribution in [0.25, 0.3) is 6.08 Å². The highest BCUT2D eigenvalue weighted by molar-refractivity contribution is 5.68. The van der Waals surface area contributed by atoms with Gasteiger partial charge in [-0.2, -0.15) is 0 Å². The van der Waals surface area contributed by atoms with E-state index in [9.17, 15) is 0 Å². The molecule has 0 heteroatoms. The highest BCUT2D eigenvalue weighted by atomic mass is 14.2. The van der Waals surface area contributed by atoms with E-state index in [1.54, 1.807) is 0 Å². The molecule has 2 rings (SSSR count). The Labute approximate surface area is 118 Å². The first-order valence-electron chi connectivity index (χ1n) is 7.97. The third-order valence-corrected chi connectivity index (χ3v) is 3.89. The molecule has 0 N–H and O–H groups in total. The molecule has 19 heavy (non-hydrogen) atoms. The van der Waals surface area contributed by atoms with Gasteiger partial charge in [0.15, 0.2) is 0 Å². The largest absolute Gasteiger partial charge is 0.0654 e. The van der Waals surface area contributed by atoms with E-state index >= 15 is 0 Å². The molecule has 0 saturated carbocycles. The van der Waals surface area contributed by atoms with Crippen LogP contribution in [0, 0.1) is 6.42 Å². The van der Waals surface area contributed by atoms with Gasteiger partial charge in [-0.15, -0.1) is 0 Å². The van der Waals surface area contributed by atoms with Gasteiger partial charge in [0.25, 0.3) is 0 Å². The molecule has 102 valence electrons. The Bertz CT molecular complexity index is 400. The minimum atomic E-state index is 1.20. The maximum atomic E-state index is 3.51. The summed E-state index contributed by atoms with van der Waals surface area (Å²) in [7, 11) is 0. The summed E-state index contributed by atoms with van der Waals surface area (Å²) in [6.07, 6.45) is 18.2. The number of benzene rings is 1. The Morgan fingerprint density at radius 3 is 2.26 bits per heavy atom. The van der Waals surface area contributed by atoms with E-state index in [1.807, 2.05) is 0 Å². The minimum Gasteiger partial charge on any atom is -0.0654 e. The standard InChI is InChI=1S/C19H26/c1-2-3-4-5-6-7-8-9-12-17-15-18-13-10-11-14-19(18)16-17/h10-11,13-15H,2-9,12H2,1H3. The van der Waals surface area contributed by atoms with E-state index in [1.165, 1.54) is 74.5 Å². The Morgan fingerprint density at radius 1 is 0.842 bits per heavy atom. The van der Waals surface area contributed by atoms with Crippen LogP contribution in [0.15, 0.2) is 29.8 Å². The van der Waals surface area contributed by atoms with E-state index in [-0.39, 0.29) is 0 Å². The Morgan fingerprint density at radius 2 is 1.53 bits per heavy atom. The average Bonchev–Trinajstić information content (AvgIpc) is 2.84. The van der Waals surface area contributed by atoms with Crippen LogP contribution < -0.4 is 0 Å². The predicted octanol–water partition coefficient (Wildman–Crippen LogP) is 6.04. The van der Waals surface area contributed by atoms with Gasteiger partial charge in [0.1, 0.15) is 0 Å². The second-order valence-electron chi connectivity index (χ2n) is 5.61. The molecule has 0 heterocycles. The summed E-state index contributed by atoms with van der Waals surface area (Å²) in [5, 5.41) is 0. The predicted molar refractivity (Wildman–Crippen MR) is 84.0 cm³/mol. The first-order valence-corrected chi connectivity index (χ1v) is 7.97. The van der Waals surface area contributed by atoms with Crippen molar-refractivity contribution in [2.24, 2.45) is 0 Å². The zero-order valence-electron chi connectivity index (χ0n) is 12.3. The summed E-state index contributed by atoms with van der Waals surface area (Å²) < 4.78 is 0. The van der Waals surface area contributed by atoms with Crippen molar-refractivity contribution in [3.63, 3.8) is 0 Å². The summed E-state index contributed by atoms with van der Waals surface area (Å²) in [6, 6.07) is 8.55. The second-order valence-corrected chi connectivity index (χ2v) is 5.61. The molecule has 0 nitrogen and oxygen atoms in total. The zero-order chi connectivity index (χ0) is 13.3. The summed E-state index contributed by atoms with van der Waals surface area (Å²) in [4.78, 5) is 0. The van der Waals surface area contributed by atoms with Crippen molar-refractivity contribution in [2.45, 2.75) is 64.7 Å². The van der Waals surface area contributed by atoms with Gasteiger partial charge in [-0.3, -0.25) is 0 Å². The number of hydrogen-bond acceptors (Lipinski definition) is 0. The molecule has 0 spiro atoms. The fourth-order valence-corrected chi connectivity index (χ4v) is 2.72. The molecular formula is C19H26. The highest BCUT2D eigenvalue weighted by Gasteiger charge is 2.11. The molecule has 0 atom stereocenters. The monoisotopic (exact) mass is 254 g/mol. The summed E-state index contributed by atoms with van der Waals surface area (Å²) in [5.41, 5.74) is 4.02. The Kier molecular flexibility index (Phi) is 6.20. The first-order chi connectivity index (χ1) is 9.40. The molecule has 0 fully saturated rings. The molecule has 1 aromatic rings. The molecule has 1 aromatic carbocycles. The molecule has 0 amide bonds. The van der Waals surface area contributed by atoms with Gasteiger partial charge in [-0.1, -0.05) is 87.8 Å². The van der Waals surface area contributed by atoms with Crippen molar-refractivity contribution in [1.82, 2.24) is 0 Å². The maximum Gasteiger partial charge on any atom is 0.0464 e. The van der Waals surface area contributed by atoms with Crippen molar-refractivity contribution in [3.05, 3.63) is 47.4 Å². The maximum absolute atomic E-state index is 3.51. The minimum absolute atomic E-state index is 1.20. The Hall–Kier alpha value is -1.04. The summed E-state index contributed by atoms with van der Waals surface area (Å²) in [5.74, 6) is 0. The van der Waals surface area contributed by atoms with Gasteiger partial charge >= 0.3 is 0 Å². The number of rotatable bonds is 9. The smallest absolute Gasteiger partial charge is 0.0464 e. The van der Waals surface area contributed by atoms with Gasteiger partial charge in [0.2, 0.25) is 0 Å². The zero-order valence-corrected chi connectivity index (χ0v) is 12.3. The van der Waals surface area contributed by atoms with E-state index in [4.69, 9.17) is 0 Å². The Balaban J connectivity index is 1.54. The van der Waals surface area contributed by atoms with Gasteiger partial charge in [-0.25, -0.2) is 0 Å². The fourth-order valence-electron chi connectivity index (χ4n) is 2.72. The lowest BCUT2D eigenvalue weighted by atomic mass is 10.0. The number of unbranched alkanes of at least 4 members (excludes halogenated alkanes) is 7. The van der Waals surface area contributed by atoms with Crippen LogP contribution in [-0.4, -0.2) is 0 Å². The van der Waals surface area contributed by atoms with Gasteiger partial charge in [0.05, 0.1) is 0 Å². The van der Waals surface area contributed by atoms with Crippen molar-refractivity contribution >= 4 is 6.08 Å². The molecule has 1 aliphatic rings. The summed E-state index contributed by atoms with van der Waals surface area (Å²) in [6.45, 7) is 2.28. The van der Waals surface area contributed by atoms with Crippen LogP contribution in [0.2, 0.25) is 0 Å². The van der Waals surface area contributed by atoms with Gasteiger partial charge in [0, 0.05) is 6.42 Å². The van der Waals surface area contributed by atoms with Crippen LogP contribution in [0.5, 0.6) is 0 Å². The van der Waals surface area contributed by atoms with Crippen LogP contribution >= 0.6 is 0 Å². The molecule has 2 radical (unpaired) electrons. The van der Waals surface area contributed by atoms with Crippen molar-refractivity contribution in [2.75, 3.05) is 0 Å². The van der Waals surface area contributed by atoms with Crippen molar-refractivity contribution < 1.29 is 0 Å². The third kappa shape index (κ3) is 4.86. The molecule has 0 aromatic heterocycles. The van der Waals surface area contributed by atoms with Gasteiger partial charge in [-0.05, 0) is 24.0 Å². The SMILES string of the molecule is CCCCCCCCCCC1=Cc2ccccc2[C]1. The molecule has 0 unspecified atom stereocenters. The van der Waals surface area contributed by atoms with Crippen LogP contribution in [-0.2, 0) is 0 Å². The topological polar surface area (TPSA) is 0 Å². The molecule has 0 bridgehead atoms. The van der Waals surface area contributed by atoms with Crippen LogP contribution in [0.4, 0.5) is 0 Å². The van der Waals surface area contributed by atoms with Crippen LogP contribution in [0.3, 0.4) is 0 Å². The number of allylic oxidation sites excluding steroid dienone is 1. The number of fused-ring (bicyclic) bond motifs is 1. The lowest BCUT2D eigenvalue weighted by Crippen LogP contribution is -1.84. The quantitative estimate of drug-likeness (QED) is 0.471. The molecule has 0 saturated heterocycles. The normalized spacial score (nSPS) is 13.4. The van der Waals surface area contributed by atoms with Gasteiger partial charge < -0.3 is 0 Å². The fraction of sp³-hybridized carbons (Fsp3) is 0.526. The highest BCUT2D eigenvalue weighted by Crippen LogP contribution is 2.29. The summed E-state index contributed by atoms with van der Waals surface area (Å²) >= 11 is 0. The van der Waals surface area contributed by atoms with Crippen LogP contribution in [0.1, 0.15) is 75.8 Å². The van der Waals surface area contributed by atoms with E-state index in [0.717, 1.165) is 0 Å².